The SMILES string of the molecule is C[C@H]([NH2+]CC(=O)Nc1ccc(N2CCCCC2)cc1)c1ccccc1Cl. The number of quaternary nitrogens is 1. The van der Waals surface area contributed by atoms with Crippen molar-refractivity contribution in [2.45, 2.75) is 32.2 Å². The van der Waals surface area contributed by atoms with E-state index in [2.05, 4.69) is 29.3 Å². The lowest BCUT2D eigenvalue weighted by Gasteiger charge is -2.28. The Morgan fingerprint density at radius 1 is 1.12 bits per heavy atom. The molecule has 2 aromatic carbocycles. The average molecular weight is 373 g/mol. The van der Waals surface area contributed by atoms with Crippen LogP contribution in [0.1, 0.15) is 37.8 Å². The Kier molecular flexibility index (Phi) is 6.53. The van der Waals surface area contributed by atoms with Crippen molar-refractivity contribution in [3.63, 3.8) is 0 Å². The molecule has 0 saturated carbocycles. The summed E-state index contributed by atoms with van der Waals surface area (Å²) in [6, 6.07) is 16.1. The number of hydrogen-bond acceptors (Lipinski definition) is 2. The molecule has 1 heterocycles. The zero-order valence-corrected chi connectivity index (χ0v) is 16.0. The number of nitrogens with one attached hydrogen (secondary N) is 1. The van der Waals surface area contributed by atoms with Gasteiger partial charge in [-0.05, 0) is 56.5 Å². The molecule has 1 saturated heterocycles. The first-order valence-electron chi connectivity index (χ1n) is 9.36. The van der Waals surface area contributed by atoms with E-state index in [0.717, 1.165) is 29.4 Å². The summed E-state index contributed by atoms with van der Waals surface area (Å²) in [6.07, 6.45) is 3.85. The van der Waals surface area contributed by atoms with E-state index in [4.69, 9.17) is 11.6 Å². The first kappa shape index (κ1) is 18.7. The fourth-order valence-electron chi connectivity index (χ4n) is 3.37. The molecule has 0 aliphatic carbocycles. The van der Waals surface area contributed by atoms with E-state index in [1.807, 2.05) is 41.7 Å². The Morgan fingerprint density at radius 2 is 1.81 bits per heavy atom. The molecule has 0 aromatic heterocycles. The van der Waals surface area contributed by atoms with Crippen LogP contribution >= 0.6 is 11.6 Å². The summed E-state index contributed by atoms with van der Waals surface area (Å²) in [5.74, 6) is -0.00498. The van der Waals surface area contributed by atoms with Gasteiger partial charge < -0.3 is 15.5 Å². The topological polar surface area (TPSA) is 49.0 Å². The third-order valence-corrected chi connectivity index (χ3v) is 5.27. The van der Waals surface area contributed by atoms with Crippen molar-refractivity contribution in [3.8, 4) is 0 Å². The van der Waals surface area contributed by atoms with Gasteiger partial charge in [0.15, 0.2) is 6.54 Å². The number of halogens is 1. The lowest BCUT2D eigenvalue weighted by Crippen LogP contribution is -2.86. The Bertz CT molecular complexity index is 726. The summed E-state index contributed by atoms with van der Waals surface area (Å²) in [7, 11) is 0. The molecule has 0 bridgehead atoms. The molecule has 138 valence electrons. The molecule has 1 aliphatic rings. The van der Waals surface area contributed by atoms with Gasteiger partial charge in [0.05, 0.1) is 0 Å². The van der Waals surface area contributed by atoms with E-state index >= 15 is 0 Å². The van der Waals surface area contributed by atoms with Crippen molar-refractivity contribution in [1.29, 1.82) is 0 Å². The van der Waals surface area contributed by atoms with Crippen molar-refractivity contribution in [3.05, 3.63) is 59.1 Å². The zero-order chi connectivity index (χ0) is 18.4. The van der Waals surface area contributed by atoms with Crippen LogP contribution in [0.5, 0.6) is 0 Å². The lowest BCUT2D eigenvalue weighted by molar-refractivity contribution is -0.682. The van der Waals surface area contributed by atoms with E-state index in [1.54, 1.807) is 0 Å². The van der Waals surface area contributed by atoms with E-state index < -0.39 is 0 Å². The molecule has 2 aromatic rings. The highest BCUT2D eigenvalue weighted by Gasteiger charge is 2.15. The van der Waals surface area contributed by atoms with E-state index in [9.17, 15) is 4.79 Å². The number of nitrogens with two attached hydrogens (primary N) is 1. The fourth-order valence-corrected chi connectivity index (χ4v) is 3.68. The Morgan fingerprint density at radius 3 is 2.50 bits per heavy atom. The molecule has 0 unspecified atom stereocenters. The van der Waals surface area contributed by atoms with Crippen LogP contribution < -0.4 is 15.5 Å². The minimum Gasteiger partial charge on any atom is -0.372 e. The normalized spacial score (nSPS) is 15.5. The van der Waals surface area contributed by atoms with Gasteiger partial charge in [0, 0.05) is 35.1 Å². The lowest BCUT2D eigenvalue weighted by atomic mass is 10.1. The van der Waals surface area contributed by atoms with Gasteiger partial charge >= 0.3 is 0 Å². The molecular formula is C21H27ClN3O+. The average Bonchev–Trinajstić information content (AvgIpc) is 2.68. The summed E-state index contributed by atoms with van der Waals surface area (Å²) in [4.78, 5) is 14.6. The molecule has 3 rings (SSSR count). The number of amides is 1. The van der Waals surface area contributed by atoms with Gasteiger partial charge in [0.2, 0.25) is 0 Å². The number of piperidine rings is 1. The third-order valence-electron chi connectivity index (χ3n) is 4.92. The van der Waals surface area contributed by atoms with Crippen LogP contribution in [0.3, 0.4) is 0 Å². The van der Waals surface area contributed by atoms with Crippen LogP contribution in [0.4, 0.5) is 11.4 Å². The Balaban J connectivity index is 1.49. The predicted octanol–water partition coefficient (Wildman–Crippen LogP) is 3.59. The first-order chi connectivity index (χ1) is 12.6. The molecule has 0 radical (unpaired) electrons. The number of nitrogens with zero attached hydrogens (tertiary/aromatic N) is 1. The molecule has 26 heavy (non-hydrogen) atoms. The van der Waals surface area contributed by atoms with Crippen molar-refractivity contribution in [2.75, 3.05) is 29.9 Å². The van der Waals surface area contributed by atoms with Gasteiger partial charge in [0.1, 0.15) is 6.04 Å². The highest BCUT2D eigenvalue weighted by atomic mass is 35.5. The Labute approximate surface area is 160 Å². The highest BCUT2D eigenvalue weighted by molar-refractivity contribution is 6.31. The second kappa shape index (κ2) is 9.06. The predicted molar refractivity (Wildman–Crippen MR) is 108 cm³/mol. The van der Waals surface area contributed by atoms with Crippen molar-refractivity contribution >= 4 is 28.9 Å². The van der Waals surface area contributed by atoms with E-state index in [0.29, 0.717) is 6.54 Å². The zero-order valence-electron chi connectivity index (χ0n) is 15.2. The second-order valence-electron chi connectivity index (χ2n) is 6.89. The minimum atomic E-state index is -0.00498. The quantitative estimate of drug-likeness (QED) is 0.814. The smallest absolute Gasteiger partial charge is 0.279 e. The number of carbonyl (C=O) groups excluding carboxylic acids is 1. The van der Waals surface area contributed by atoms with Crippen molar-refractivity contribution in [2.24, 2.45) is 0 Å². The van der Waals surface area contributed by atoms with Crippen molar-refractivity contribution in [1.82, 2.24) is 0 Å². The second-order valence-corrected chi connectivity index (χ2v) is 7.30. The molecule has 4 nitrogen and oxygen atoms in total. The molecule has 3 N–H and O–H groups in total. The molecule has 5 heteroatoms. The van der Waals surface area contributed by atoms with Crippen LogP contribution in [-0.2, 0) is 4.79 Å². The number of hydrogen-bond donors (Lipinski definition) is 2. The summed E-state index contributed by atoms with van der Waals surface area (Å²) < 4.78 is 0. The molecule has 0 spiro atoms. The fraction of sp³-hybridized carbons (Fsp3) is 0.381. The maximum atomic E-state index is 12.2. The van der Waals surface area contributed by atoms with Gasteiger partial charge in [-0.3, -0.25) is 4.79 Å². The van der Waals surface area contributed by atoms with E-state index in [1.165, 1.54) is 24.9 Å². The van der Waals surface area contributed by atoms with Gasteiger partial charge in [0.25, 0.3) is 5.91 Å². The van der Waals surface area contributed by atoms with Gasteiger partial charge in [-0.25, -0.2) is 0 Å². The molecule has 1 atom stereocenters. The molecule has 1 aliphatic heterocycles. The Hall–Kier alpha value is -2.04. The van der Waals surface area contributed by atoms with Crippen LogP contribution in [-0.4, -0.2) is 25.5 Å². The number of benzene rings is 2. The summed E-state index contributed by atoms with van der Waals surface area (Å²) in [5.41, 5.74) is 3.13. The number of rotatable bonds is 6. The van der Waals surface area contributed by atoms with Crippen LogP contribution in [0.25, 0.3) is 0 Å². The first-order valence-corrected chi connectivity index (χ1v) is 9.74. The summed E-state index contributed by atoms with van der Waals surface area (Å²) in [5, 5.41) is 5.71. The number of anilines is 2. The van der Waals surface area contributed by atoms with Crippen molar-refractivity contribution < 1.29 is 10.1 Å². The van der Waals surface area contributed by atoms with Crippen LogP contribution in [0.15, 0.2) is 48.5 Å². The van der Waals surface area contributed by atoms with Gasteiger partial charge in [-0.15, -0.1) is 0 Å². The molecule has 1 fully saturated rings. The minimum absolute atomic E-state index is 0.00498. The summed E-state index contributed by atoms with van der Waals surface area (Å²) >= 11 is 6.22. The van der Waals surface area contributed by atoms with Gasteiger partial charge in [-0.2, -0.15) is 0 Å². The maximum Gasteiger partial charge on any atom is 0.279 e. The summed E-state index contributed by atoms with van der Waals surface area (Å²) in [6.45, 7) is 4.67. The standard InChI is InChI=1S/C21H26ClN3O/c1-16(19-7-3-4-8-20(19)22)23-15-21(26)24-17-9-11-18(12-10-17)25-13-5-2-6-14-25/h3-4,7-12,16,23H,2,5-6,13-15H2,1H3,(H,24,26)/p+1/t16-/m0/s1. The third kappa shape index (κ3) is 4.99. The largest absolute Gasteiger partial charge is 0.372 e. The van der Waals surface area contributed by atoms with Crippen LogP contribution in [0, 0.1) is 0 Å². The number of carbonyl (C=O) groups is 1. The maximum absolute atomic E-state index is 12.2. The van der Waals surface area contributed by atoms with Crippen LogP contribution in [0.2, 0.25) is 5.02 Å². The monoisotopic (exact) mass is 372 g/mol. The van der Waals surface area contributed by atoms with E-state index in [-0.39, 0.29) is 11.9 Å². The molecular weight excluding hydrogens is 346 g/mol. The van der Waals surface area contributed by atoms with Gasteiger partial charge in [-0.1, -0.05) is 29.8 Å². The molecule has 1 amide bonds. The highest BCUT2D eigenvalue weighted by Crippen LogP contribution is 2.22.